The van der Waals surface area contributed by atoms with Gasteiger partial charge >= 0.3 is 0 Å². The van der Waals surface area contributed by atoms with Gasteiger partial charge in [0.2, 0.25) is 5.91 Å². The number of hydrogen-bond donors (Lipinski definition) is 1. The number of nitrogens with zero attached hydrogens (tertiary/aromatic N) is 1. The highest BCUT2D eigenvalue weighted by Crippen LogP contribution is 2.29. The smallest absolute Gasteiger partial charge is 0.240 e. The molecule has 1 aromatic rings. The zero-order valence-electron chi connectivity index (χ0n) is 12.8. The lowest BCUT2D eigenvalue weighted by atomic mass is 10.3. The van der Waals surface area contributed by atoms with Crippen molar-refractivity contribution in [3.8, 4) is 5.75 Å². The first-order valence-corrected chi connectivity index (χ1v) is 8.30. The van der Waals surface area contributed by atoms with Crippen LogP contribution in [0.2, 0.25) is 0 Å². The molecule has 6 nitrogen and oxygen atoms in total. The van der Waals surface area contributed by atoms with E-state index in [-0.39, 0.29) is 10.6 Å². The third kappa shape index (κ3) is 3.47. The molecule has 1 atom stereocenters. The van der Waals surface area contributed by atoms with Gasteiger partial charge in [0.25, 0.3) is 0 Å². The zero-order valence-corrected chi connectivity index (χ0v) is 13.6. The number of anilines is 1. The molecule has 21 heavy (non-hydrogen) atoms. The number of benzene rings is 1. The molecule has 0 radical (unpaired) electrons. The normalized spacial score (nSPS) is 12.8. The third-order valence-electron chi connectivity index (χ3n) is 3.38. The molecule has 1 aromatic carbocycles. The quantitative estimate of drug-likeness (QED) is 0.800. The molecule has 0 aliphatic rings. The summed E-state index contributed by atoms with van der Waals surface area (Å²) in [6.07, 6.45) is 0. The molecular formula is C14H22N2O4S. The molecule has 7 heteroatoms. The van der Waals surface area contributed by atoms with Crippen molar-refractivity contribution in [2.24, 2.45) is 0 Å². The van der Waals surface area contributed by atoms with E-state index in [1.165, 1.54) is 37.1 Å². The topological polar surface area (TPSA) is 89.7 Å². The van der Waals surface area contributed by atoms with Crippen LogP contribution in [-0.4, -0.2) is 44.7 Å². The number of sulfone groups is 1. The summed E-state index contributed by atoms with van der Waals surface area (Å²) in [5.41, 5.74) is 6.02. The van der Waals surface area contributed by atoms with Gasteiger partial charge in [-0.1, -0.05) is 0 Å². The highest BCUT2D eigenvalue weighted by Gasteiger charge is 2.34. The lowest BCUT2D eigenvalue weighted by Gasteiger charge is -2.23. The standard InChI is InChI=1S/C14H22N2O4S/c1-5-16(6-2)14(17)10(3)21(18,19)13-8-7-11(15)9-12(13)20-4/h7-10H,5-6,15H2,1-4H3. The minimum absolute atomic E-state index is 0.0211. The van der Waals surface area contributed by atoms with Gasteiger partial charge in [-0.3, -0.25) is 4.79 Å². The molecule has 1 rings (SSSR count). The predicted octanol–water partition coefficient (Wildman–Crippen LogP) is 1.31. The van der Waals surface area contributed by atoms with Gasteiger partial charge in [-0.25, -0.2) is 8.42 Å². The lowest BCUT2D eigenvalue weighted by molar-refractivity contribution is -0.130. The summed E-state index contributed by atoms with van der Waals surface area (Å²) in [7, 11) is -2.47. The lowest BCUT2D eigenvalue weighted by Crippen LogP contribution is -2.41. The zero-order chi connectivity index (χ0) is 16.2. The second-order valence-electron chi connectivity index (χ2n) is 4.61. The Morgan fingerprint density at radius 2 is 1.90 bits per heavy atom. The number of ether oxygens (including phenoxy) is 1. The van der Waals surface area contributed by atoms with Crippen LogP contribution in [-0.2, 0) is 14.6 Å². The van der Waals surface area contributed by atoms with Gasteiger partial charge in [-0.15, -0.1) is 0 Å². The summed E-state index contributed by atoms with van der Waals surface area (Å²) >= 11 is 0. The number of rotatable bonds is 6. The van der Waals surface area contributed by atoms with E-state index in [0.29, 0.717) is 18.8 Å². The van der Waals surface area contributed by atoms with E-state index in [2.05, 4.69) is 0 Å². The largest absolute Gasteiger partial charge is 0.495 e. The average molecular weight is 314 g/mol. The maximum Gasteiger partial charge on any atom is 0.240 e. The van der Waals surface area contributed by atoms with Crippen molar-refractivity contribution in [1.82, 2.24) is 4.90 Å². The van der Waals surface area contributed by atoms with Crippen molar-refractivity contribution in [1.29, 1.82) is 0 Å². The van der Waals surface area contributed by atoms with E-state index in [1.807, 2.05) is 13.8 Å². The van der Waals surface area contributed by atoms with Crippen molar-refractivity contribution in [3.05, 3.63) is 18.2 Å². The summed E-state index contributed by atoms with van der Waals surface area (Å²) in [5.74, 6) is -0.270. The Morgan fingerprint density at radius 1 is 1.33 bits per heavy atom. The number of methoxy groups -OCH3 is 1. The highest BCUT2D eigenvalue weighted by atomic mass is 32.2. The van der Waals surface area contributed by atoms with Crippen LogP contribution >= 0.6 is 0 Å². The van der Waals surface area contributed by atoms with Gasteiger partial charge in [0.05, 0.1) is 7.11 Å². The van der Waals surface area contributed by atoms with Crippen LogP contribution in [0.4, 0.5) is 5.69 Å². The SMILES string of the molecule is CCN(CC)C(=O)C(C)S(=O)(=O)c1ccc(N)cc1OC. The van der Waals surface area contributed by atoms with Crippen molar-refractivity contribution in [2.75, 3.05) is 25.9 Å². The number of hydrogen-bond acceptors (Lipinski definition) is 5. The van der Waals surface area contributed by atoms with Gasteiger partial charge in [-0.2, -0.15) is 0 Å². The molecule has 2 N–H and O–H groups in total. The van der Waals surface area contributed by atoms with Gasteiger partial charge in [0.1, 0.15) is 15.9 Å². The van der Waals surface area contributed by atoms with Crippen molar-refractivity contribution >= 4 is 21.4 Å². The Kier molecular flexibility index (Phi) is 5.60. The minimum atomic E-state index is -3.83. The van der Waals surface area contributed by atoms with Gasteiger partial charge in [-0.05, 0) is 32.9 Å². The Morgan fingerprint density at radius 3 is 2.38 bits per heavy atom. The van der Waals surface area contributed by atoms with E-state index < -0.39 is 21.0 Å². The van der Waals surface area contributed by atoms with Gasteiger partial charge in [0, 0.05) is 24.8 Å². The average Bonchev–Trinajstić information content (AvgIpc) is 2.46. The molecule has 1 unspecified atom stereocenters. The molecule has 0 aliphatic carbocycles. The Bertz CT molecular complexity index is 609. The van der Waals surface area contributed by atoms with Crippen LogP contribution in [0.1, 0.15) is 20.8 Å². The maximum atomic E-state index is 12.6. The Balaban J connectivity index is 3.25. The number of amides is 1. The van der Waals surface area contributed by atoms with E-state index in [4.69, 9.17) is 10.5 Å². The van der Waals surface area contributed by atoms with Crippen LogP contribution < -0.4 is 10.5 Å². The van der Waals surface area contributed by atoms with E-state index in [1.54, 1.807) is 0 Å². The molecule has 0 heterocycles. The first kappa shape index (κ1) is 17.3. The molecule has 1 amide bonds. The van der Waals surface area contributed by atoms with Gasteiger partial charge < -0.3 is 15.4 Å². The first-order chi connectivity index (χ1) is 9.79. The monoisotopic (exact) mass is 314 g/mol. The van der Waals surface area contributed by atoms with Crippen LogP contribution in [0.3, 0.4) is 0 Å². The third-order valence-corrected chi connectivity index (χ3v) is 5.47. The second kappa shape index (κ2) is 6.80. The van der Waals surface area contributed by atoms with Crippen LogP contribution in [0.5, 0.6) is 5.75 Å². The minimum Gasteiger partial charge on any atom is -0.495 e. The maximum absolute atomic E-state index is 12.6. The molecule has 0 aromatic heterocycles. The molecular weight excluding hydrogens is 292 g/mol. The molecule has 0 saturated heterocycles. The number of carbonyl (C=O) groups is 1. The Labute approximate surface area is 125 Å². The summed E-state index contributed by atoms with van der Waals surface area (Å²) in [6, 6.07) is 4.28. The predicted molar refractivity (Wildman–Crippen MR) is 82.0 cm³/mol. The van der Waals surface area contributed by atoms with Gasteiger partial charge in [0.15, 0.2) is 9.84 Å². The van der Waals surface area contributed by atoms with Crippen molar-refractivity contribution in [2.45, 2.75) is 30.9 Å². The van der Waals surface area contributed by atoms with Crippen LogP contribution in [0.15, 0.2) is 23.1 Å². The van der Waals surface area contributed by atoms with Crippen molar-refractivity contribution < 1.29 is 17.9 Å². The Hall–Kier alpha value is -1.76. The van der Waals surface area contributed by atoms with Crippen LogP contribution in [0, 0.1) is 0 Å². The number of carbonyl (C=O) groups excluding carboxylic acids is 1. The highest BCUT2D eigenvalue weighted by molar-refractivity contribution is 7.92. The van der Waals surface area contributed by atoms with Crippen molar-refractivity contribution in [3.63, 3.8) is 0 Å². The molecule has 0 fully saturated rings. The fourth-order valence-electron chi connectivity index (χ4n) is 2.03. The summed E-state index contributed by atoms with van der Waals surface area (Å²) in [6.45, 7) is 5.95. The fraction of sp³-hybridized carbons (Fsp3) is 0.500. The molecule has 118 valence electrons. The van der Waals surface area contributed by atoms with E-state index >= 15 is 0 Å². The molecule has 0 saturated carbocycles. The summed E-state index contributed by atoms with van der Waals surface area (Å²) < 4.78 is 30.3. The summed E-state index contributed by atoms with van der Waals surface area (Å²) in [5, 5.41) is -1.17. The first-order valence-electron chi connectivity index (χ1n) is 6.75. The number of nitrogens with two attached hydrogens (primary N) is 1. The molecule has 0 aliphatic heterocycles. The van der Waals surface area contributed by atoms with E-state index in [9.17, 15) is 13.2 Å². The van der Waals surface area contributed by atoms with E-state index in [0.717, 1.165) is 0 Å². The molecule has 0 spiro atoms. The fourth-order valence-corrected chi connectivity index (χ4v) is 3.51. The van der Waals surface area contributed by atoms with Crippen LogP contribution in [0.25, 0.3) is 0 Å². The number of nitrogen functional groups attached to an aromatic ring is 1. The molecule has 0 bridgehead atoms. The summed E-state index contributed by atoms with van der Waals surface area (Å²) in [4.78, 5) is 13.7. The second-order valence-corrected chi connectivity index (χ2v) is 6.85.